The van der Waals surface area contributed by atoms with Crippen LogP contribution in [0.5, 0.6) is 5.75 Å². The molecule has 7 heteroatoms. The molecule has 1 aliphatic rings. The van der Waals surface area contributed by atoms with Crippen LogP contribution in [0.25, 0.3) is 11.0 Å². The van der Waals surface area contributed by atoms with Crippen LogP contribution in [0.1, 0.15) is 64.6 Å². The maximum atomic E-state index is 12.0. The van der Waals surface area contributed by atoms with Crippen molar-refractivity contribution in [3.63, 3.8) is 0 Å². The number of aromatic nitrogens is 3. The zero-order chi connectivity index (χ0) is 27.0. The number of nitrogens with zero attached hydrogens (tertiary/aromatic N) is 4. The van der Waals surface area contributed by atoms with E-state index in [2.05, 4.69) is 72.4 Å². The van der Waals surface area contributed by atoms with E-state index >= 15 is 0 Å². The van der Waals surface area contributed by atoms with Crippen LogP contribution in [-0.2, 0) is 24.9 Å². The Hall–Kier alpha value is -3.71. The van der Waals surface area contributed by atoms with Crippen molar-refractivity contribution >= 4 is 17.0 Å². The molecule has 0 aliphatic carbocycles. The zero-order valence-electron chi connectivity index (χ0n) is 22.9. The summed E-state index contributed by atoms with van der Waals surface area (Å²) in [4.78, 5) is 14.5. The van der Waals surface area contributed by atoms with E-state index in [1.165, 1.54) is 22.3 Å². The maximum Gasteiger partial charge on any atom is 0.304 e. The van der Waals surface area contributed by atoms with Crippen molar-refractivity contribution in [2.24, 2.45) is 7.05 Å². The Labute approximate surface area is 224 Å². The van der Waals surface area contributed by atoms with Gasteiger partial charge in [0.2, 0.25) is 0 Å². The highest BCUT2D eigenvalue weighted by molar-refractivity contribution is 5.80. The number of carboxylic acid groups (broad SMARTS) is 1. The van der Waals surface area contributed by atoms with Crippen molar-refractivity contribution in [3.05, 3.63) is 87.5 Å². The summed E-state index contributed by atoms with van der Waals surface area (Å²) in [6.45, 7) is 10.9. The number of rotatable bonds is 7. The lowest BCUT2D eigenvalue weighted by Gasteiger charge is -2.25. The Balaban J connectivity index is 1.50. The van der Waals surface area contributed by atoms with Gasteiger partial charge in [0.25, 0.3) is 0 Å². The number of aliphatic carboxylic acids is 1. The molecule has 2 heterocycles. The monoisotopic (exact) mass is 512 g/mol. The van der Waals surface area contributed by atoms with E-state index < -0.39 is 5.97 Å². The number of benzene rings is 3. The quantitative estimate of drug-likeness (QED) is 0.344. The average molecular weight is 513 g/mol. The first-order valence-corrected chi connectivity index (χ1v) is 13.3. The van der Waals surface area contributed by atoms with Crippen LogP contribution in [0, 0.1) is 20.8 Å². The van der Waals surface area contributed by atoms with Crippen LogP contribution in [0.2, 0.25) is 0 Å². The molecule has 0 fully saturated rings. The molecule has 1 aromatic heterocycles. The second-order valence-electron chi connectivity index (χ2n) is 10.6. The standard InChI is InChI=1S/C31H36N4O3/c1-6-25-18-35(17-24-13-19(2)7-12-29(24)38-25)16-23-14-22(9-8-20(23)3)27(15-30(36)37)26-10-11-28-31(21(26)4)32-33-34(28)5/h7-14,25,27H,6,15-18H2,1-5H3,(H,36,37). The van der Waals surface area contributed by atoms with Gasteiger partial charge >= 0.3 is 5.97 Å². The largest absolute Gasteiger partial charge is 0.489 e. The number of ether oxygens (including phenoxy) is 1. The van der Waals surface area contributed by atoms with Crippen molar-refractivity contribution in [2.75, 3.05) is 6.54 Å². The molecule has 198 valence electrons. The number of carboxylic acids is 1. The summed E-state index contributed by atoms with van der Waals surface area (Å²) < 4.78 is 8.10. The molecule has 3 aromatic carbocycles. The fourth-order valence-electron chi connectivity index (χ4n) is 5.62. The molecule has 5 rings (SSSR count). The first kappa shape index (κ1) is 25.9. The van der Waals surface area contributed by atoms with Gasteiger partial charge in [0, 0.05) is 38.2 Å². The molecule has 0 amide bonds. The fourth-order valence-corrected chi connectivity index (χ4v) is 5.62. The lowest BCUT2D eigenvalue weighted by molar-refractivity contribution is -0.137. The first-order valence-electron chi connectivity index (χ1n) is 13.3. The predicted molar refractivity (Wildman–Crippen MR) is 149 cm³/mol. The van der Waals surface area contributed by atoms with Gasteiger partial charge in [-0.2, -0.15) is 0 Å². The minimum atomic E-state index is -0.821. The summed E-state index contributed by atoms with van der Waals surface area (Å²) in [6, 6.07) is 16.8. The predicted octanol–water partition coefficient (Wildman–Crippen LogP) is 5.67. The van der Waals surface area contributed by atoms with Gasteiger partial charge in [0.15, 0.2) is 0 Å². The topological polar surface area (TPSA) is 80.5 Å². The van der Waals surface area contributed by atoms with Crippen molar-refractivity contribution in [1.82, 2.24) is 19.9 Å². The Morgan fingerprint density at radius 1 is 1.13 bits per heavy atom. The molecule has 0 radical (unpaired) electrons. The van der Waals surface area contributed by atoms with E-state index in [9.17, 15) is 9.90 Å². The van der Waals surface area contributed by atoms with Gasteiger partial charge in [-0.1, -0.05) is 54.1 Å². The van der Waals surface area contributed by atoms with E-state index in [-0.39, 0.29) is 18.4 Å². The summed E-state index contributed by atoms with van der Waals surface area (Å²) in [6.07, 6.45) is 1.08. The Morgan fingerprint density at radius 3 is 2.71 bits per heavy atom. The lowest BCUT2D eigenvalue weighted by Crippen LogP contribution is -2.32. The van der Waals surface area contributed by atoms with Gasteiger partial charge in [-0.25, -0.2) is 4.68 Å². The van der Waals surface area contributed by atoms with Crippen molar-refractivity contribution in [3.8, 4) is 5.75 Å². The molecule has 0 saturated carbocycles. The van der Waals surface area contributed by atoms with Gasteiger partial charge in [0.1, 0.15) is 17.4 Å². The Kier molecular flexibility index (Phi) is 7.21. The zero-order valence-corrected chi connectivity index (χ0v) is 22.9. The van der Waals surface area contributed by atoms with E-state index in [4.69, 9.17) is 4.74 Å². The number of hydrogen-bond acceptors (Lipinski definition) is 5. The number of aryl methyl sites for hydroxylation is 4. The lowest BCUT2D eigenvalue weighted by atomic mass is 9.84. The third-order valence-electron chi connectivity index (χ3n) is 7.82. The van der Waals surface area contributed by atoms with Crippen LogP contribution in [-0.4, -0.2) is 43.6 Å². The first-order chi connectivity index (χ1) is 18.2. The van der Waals surface area contributed by atoms with E-state index in [1.54, 1.807) is 4.68 Å². The van der Waals surface area contributed by atoms with Crippen LogP contribution < -0.4 is 4.74 Å². The van der Waals surface area contributed by atoms with E-state index in [0.29, 0.717) is 0 Å². The molecular formula is C31H36N4O3. The SMILES string of the molecule is CCC1CN(Cc2cc(C(CC(=O)O)c3ccc4c(nnn4C)c3C)ccc2C)Cc2cc(C)ccc2O1. The minimum Gasteiger partial charge on any atom is -0.489 e. The Bertz CT molecular complexity index is 1490. The van der Waals surface area contributed by atoms with Gasteiger partial charge in [-0.3, -0.25) is 9.69 Å². The normalized spacial score (nSPS) is 16.6. The Morgan fingerprint density at radius 2 is 1.95 bits per heavy atom. The number of hydrogen-bond donors (Lipinski definition) is 1. The second kappa shape index (κ2) is 10.6. The molecule has 2 unspecified atom stereocenters. The molecule has 1 aliphatic heterocycles. The van der Waals surface area contributed by atoms with E-state index in [0.717, 1.165) is 59.5 Å². The summed E-state index contributed by atoms with van der Waals surface area (Å²) in [5.74, 6) is -0.123. The average Bonchev–Trinajstić information content (AvgIpc) is 3.17. The van der Waals surface area contributed by atoms with Gasteiger partial charge in [-0.05, 0) is 67.1 Å². The highest BCUT2D eigenvalue weighted by Gasteiger charge is 2.25. The third-order valence-corrected chi connectivity index (χ3v) is 7.82. The summed E-state index contributed by atoms with van der Waals surface area (Å²) in [5.41, 5.74) is 9.58. The summed E-state index contributed by atoms with van der Waals surface area (Å²) in [7, 11) is 1.87. The molecule has 1 N–H and O–H groups in total. The van der Waals surface area contributed by atoms with Crippen LogP contribution in [0.4, 0.5) is 0 Å². The molecule has 2 atom stereocenters. The van der Waals surface area contributed by atoms with E-state index in [1.807, 2.05) is 26.1 Å². The van der Waals surface area contributed by atoms with Crippen molar-refractivity contribution in [1.29, 1.82) is 0 Å². The third kappa shape index (κ3) is 5.16. The molecule has 0 spiro atoms. The van der Waals surface area contributed by atoms with Gasteiger partial charge < -0.3 is 9.84 Å². The fraction of sp³-hybridized carbons (Fsp3) is 0.387. The smallest absolute Gasteiger partial charge is 0.304 e. The molecule has 38 heavy (non-hydrogen) atoms. The summed E-state index contributed by atoms with van der Waals surface area (Å²) in [5, 5.41) is 18.3. The highest BCUT2D eigenvalue weighted by Crippen LogP contribution is 2.35. The summed E-state index contributed by atoms with van der Waals surface area (Å²) >= 11 is 0. The molecule has 7 nitrogen and oxygen atoms in total. The second-order valence-corrected chi connectivity index (χ2v) is 10.6. The van der Waals surface area contributed by atoms with Crippen molar-refractivity contribution < 1.29 is 14.6 Å². The molecular weight excluding hydrogens is 476 g/mol. The van der Waals surface area contributed by atoms with Gasteiger partial charge in [-0.15, -0.1) is 5.10 Å². The number of carbonyl (C=O) groups is 1. The number of fused-ring (bicyclic) bond motifs is 2. The molecule has 0 saturated heterocycles. The maximum absolute atomic E-state index is 12.0. The minimum absolute atomic E-state index is 0.0111. The van der Waals surface area contributed by atoms with Gasteiger partial charge in [0.05, 0.1) is 11.9 Å². The molecule has 4 aromatic rings. The van der Waals surface area contributed by atoms with Crippen LogP contribution in [0.3, 0.4) is 0 Å². The highest BCUT2D eigenvalue weighted by atomic mass is 16.5. The van der Waals surface area contributed by atoms with Crippen LogP contribution in [0.15, 0.2) is 48.5 Å². The van der Waals surface area contributed by atoms with Crippen LogP contribution >= 0.6 is 0 Å². The van der Waals surface area contributed by atoms with Crippen molar-refractivity contribution in [2.45, 2.75) is 65.6 Å². The molecule has 0 bridgehead atoms.